The van der Waals surface area contributed by atoms with Crippen LogP contribution in [0.4, 0.5) is 4.39 Å². The van der Waals surface area contributed by atoms with Crippen LogP contribution in [0.3, 0.4) is 0 Å². The van der Waals surface area contributed by atoms with Crippen molar-refractivity contribution in [1.29, 1.82) is 5.26 Å². The minimum Gasteiger partial charge on any atom is -0.494 e. The van der Waals surface area contributed by atoms with Crippen LogP contribution in [0.25, 0.3) is 11.1 Å². The van der Waals surface area contributed by atoms with Gasteiger partial charge >= 0.3 is 8.56 Å². The van der Waals surface area contributed by atoms with Gasteiger partial charge in [0.05, 0.1) is 12.2 Å². The van der Waals surface area contributed by atoms with Crippen molar-refractivity contribution in [2.75, 3.05) is 6.61 Å². The number of unbranched alkanes of at least 4 members (excludes halogenated alkanes) is 7. The maximum atomic E-state index is 13.9. The van der Waals surface area contributed by atoms with E-state index < -0.39 is 31.0 Å². The molecule has 0 aliphatic rings. The molecule has 2 aromatic carbocycles. The number of hydrogen-bond donors (Lipinski definition) is 0. The van der Waals surface area contributed by atoms with E-state index in [0.29, 0.717) is 6.61 Å². The second-order valence-corrected chi connectivity index (χ2v) is 24.9. The standard InChI is InChI=1S/C30H48FNO3Si3/c1-36(2,3)34-38(6,7)35-37(4,5)23-15-13-11-9-8-10-12-14-22-33-29-20-18-26(19-21-29)27-16-17-28(25-32)30(31)24-27/h16-21,24H,8-15,22-23H2,1-7H3. The van der Waals surface area contributed by atoms with Crippen LogP contribution in [0.5, 0.6) is 5.75 Å². The second kappa shape index (κ2) is 15.1. The van der Waals surface area contributed by atoms with Gasteiger partial charge in [0.1, 0.15) is 17.6 Å². The zero-order chi connectivity index (χ0) is 28.2. The predicted octanol–water partition coefficient (Wildman–Crippen LogP) is 9.64. The number of nitriles is 1. The van der Waals surface area contributed by atoms with Crippen LogP contribution < -0.4 is 4.74 Å². The molecule has 0 fully saturated rings. The van der Waals surface area contributed by atoms with Crippen LogP contribution in [0.1, 0.15) is 56.9 Å². The Morgan fingerprint density at radius 1 is 0.711 bits per heavy atom. The first-order chi connectivity index (χ1) is 17.8. The zero-order valence-corrected chi connectivity index (χ0v) is 27.7. The molecule has 0 heterocycles. The molecule has 0 saturated heterocycles. The lowest BCUT2D eigenvalue weighted by Gasteiger charge is -2.37. The summed E-state index contributed by atoms with van der Waals surface area (Å²) < 4.78 is 32.7. The van der Waals surface area contributed by atoms with Gasteiger partial charge in [0.15, 0.2) is 16.6 Å². The van der Waals surface area contributed by atoms with E-state index in [0.717, 1.165) is 23.3 Å². The quantitative estimate of drug-likeness (QED) is 0.140. The predicted molar refractivity (Wildman–Crippen MR) is 164 cm³/mol. The van der Waals surface area contributed by atoms with Gasteiger partial charge in [-0.05, 0) is 93.7 Å². The van der Waals surface area contributed by atoms with Crippen LogP contribution in [-0.4, -0.2) is 31.8 Å². The summed E-state index contributed by atoms with van der Waals surface area (Å²) in [7, 11) is -5.25. The van der Waals surface area contributed by atoms with Crippen molar-refractivity contribution in [3.63, 3.8) is 0 Å². The maximum Gasteiger partial charge on any atom is 0.311 e. The fraction of sp³-hybridized carbons (Fsp3) is 0.567. The summed E-state index contributed by atoms with van der Waals surface area (Å²) >= 11 is 0. The van der Waals surface area contributed by atoms with Gasteiger partial charge in [0.2, 0.25) is 0 Å². The molecule has 0 N–H and O–H groups in total. The van der Waals surface area contributed by atoms with Crippen LogP contribution in [0.15, 0.2) is 42.5 Å². The molecule has 8 heteroatoms. The largest absolute Gasteiger partial charge is 0.494 e. The minimum absolute atomic E-state index is 0.0641. The van der Waals surface area contributed by atoms with Crippen molar-refractivity contribution in [2.45, 2.75) is 103 Å². The zero-order valence-electron chi connectivity index (χ0n) is 24.7. The minimum atomic E-state index is -2.02. The summed E-state index contributed by atoms with van der Waals surface area (Å²) in [4.78, 5) is 0. The summed E-state index contributed by atoms with van der Waals surface area (Å²) in [5.74, 6) is 0.339. The van der Waals surface area contributed by atoms with Gasteiger partial charge < -0.3 is 13.0 Å². The Bertz CT molecular complexity index is 1030. The molecule has 2 aromatic rings. The van der Waals surface area contributed by atoms with E-state index in [9.17, 15) is 4.39 Å². The molecule has 0 spiro atoms. The number of halogens is 1. The second-order valence-electron chi connectivity index (χ2n) is 12.2. The monoisotopic (exact) mass is 573 g/mol. The van der Waals surface area contributed by atoms with Gasteiger partial charge in [-0.3, -0.25) is 0 Å². The van der Waals surface area contributed by atoms with Gasteiger partial charge in [-0.1, -0.05) is 63.1 Å². The third-order valence-corrected chi connectivity index (χ3v) is 16.4. The third kappa shape index (κ3) is 12.9. The van der Waals surface area contributed by atoms with Crippen molar-refractivity contribution in [1.82, 2.24) is 0 Å². The number of rotatable bonds is 17. The molecular formula is C30H48FNO3Si3. The first-order valence-corrected chi connectivity index (χ1v) is 23.5. The molecule has 4 nitrogen and oxygen atoms in total. The molecule has 0 saturated carbocycles. The Hall–Kier alpha value is -1.77. The van der Waals surface area contributed by atoms with E-state index in [4.69, 9.17) is 18.2 Å². The lowest BCUT2D eigenvalue weighted by Crippen LogP contribution is -2.51. The van der Waals surface area contributed by atoms with Crippen molar-refractivity contribution in [3.05, 3.63) is 53.8 Å². The Kier molecular flexibility index (Phi) is 12.9. The van der Waals surface area contributed by atoms with Crippen molar-refractivity contribution >= 4 is 25.2 Å². The van der Waals surface area contributed by atoms with Gasteiger partial charge in [-0.15, -0.1) is 0 Å². The normalized spacial score (nSPS) is 12.4. The van der Waals surface area contributed by atoms with Crippen molar-refractivity contribution < 1.29 is 17.4 Å². The highest BCUT2D eigenvalue weighted by atomic mass is 28.5. The molecular weight excluding hydrogens is 526 g/mol. The highest BCUT2D eigenvalue weighted by Crippen LogP contribution is 2.26. The molecule has 0 radical (unpaired) electrons. The molecule has 0 amide bonds. The highest BCUT2D eigenvalue weighted by molar-refractivity contribution is 6.87. The summed E-state index contributed by atoms with van der Waals surface area (Å²) in [5.41, 5.74) is 1.72. The van der Waals surface area contributed by atoms with E-state index >= 15 is 0 Å². The molecule has 0 aliphatic heterocycles. The van der Waals surface area contributed by atoms with Gasteiger partial charge in [-0.2, -0.15) is 5.26 Å². The molecule has 0 aromatic heterocycles. The van der Waals surface area contributed by atoms with E-state index in [1.165, 1.54) is 63.1 Å². The highest BCUT2D eigenvalue weighted by Gasteiger charge is 2.37. The topological polar surface area (TPSA) is 51.5 Å². The maximum absolute atomic E-state index is 13.9. The summed E-state index contributed by atoms with van der Waals surface area (Å²) in [6.07, 6.45) is 9.96. The van der Waals surface area contributed by atoms with E-state index in [1.54, 1.807) is 6.07 Å². The first kappa shape index (κ1) is 32.4. The summed E-state index contributed by atoms with van der Waals surface area (Å²) in [6.45, 7) is 16.6. The van der Waals surface area contributed by atoms with Crippen molar-refractivity contribution in [3.8, 4) is 22.9 Å². The first-order valence-electron chi connectivity index (χ1n) is 14.1. The van der Waals surface area contributed by atoms with Crippen LogP contribution in [0, 0.1) is 17.1 Å². The molecule has 0 aliphatic carbocycles. The molecule has 0 bridgehead atoms. The molecule has 2 rings (SSSR count). The Labute approximate surface area is 234 Å². The number of nitrogens with zero attached hydrogens (tertiary/aromatic N) is 1. The van der Waals surface area contributed by atoms with Crippen molar-refractivity contribution in [2.24, 2.45) is 0 Å². The van der Waals surface area contributed by atoms with Gasteiger partial charge in [-0.25, -0.2) is 4.39 Å². The average molecular weight is 574 g/mol. The molecule has 210 valence electrons. The molecule has 0 atom stereocenters. The van der Waals surface area contributed by atoms with E-state index in [1.807, 2.05) is 30.3 Å². The van der Waals surface area contributed by atoms with Gasteiger partial charge in [0.25, 0.3) is 0 Å². The molecule has 0 unspecified atom stereocenters. The fourth-order valence-electron chi connectivity index (χ4n) is 4.91. The Morgan fingerprint density at radius 3 is 1.82 bits per heavy atom. The van der Waals surface area contributed by atoms with Gasteiger partial charge in [0, 0.05) is 0 Å². The van der Waals surface area contributed by atoms with Crippen LogP contribution in [-0.2, 0) is 8.23 Å². The average Bonchev–Trinajstić information content (AvgIpc) is 2.80. The molecule has 38 heavy (non-hydrogen) atoms. The Morgan fingerprint density at radius 2 is 1.26 bits per heavy atom. The van der Waals surface area contributed by atoms with Crippen LogP contribution >= 0.6 is 0 Å². The summed E-state index contributed by atoms with van der Waals surface area (Å²) in [6, 6.07) is 15.5. The van der Waals surface area contributed by atoms with E-state index in [-0.39, 0.29) is 5.56 Å². The SMILES string of the molecule is C[Si](C)(C)O[Si](C)(C)O[Si](C)(C)CCCCCCCCCCOc1ccc(-c2ccc(C#N)c(F)c2)cc1. The summed E-state index contributed by atoms with van der Waals surface area (Å²) in [5, 5.41) is 8.88. The number of ether oxygens (including phenoxy) is 1. The lowest BCUT2D eigenvalue weighted by atomic mass is 10.0. The smallest absolute Gasteiger partial charge is 0.311 e. The Balaban J connectivity index is 1.53. The van der Waals surface area contributed by atoms with Crippen LogP contribution in [0.2, 0.25) is 51.9 Å². The van der Waals surface area contributed by atoms with E-state index in [2.05, 4.69) is 45.8 Å². The third-order valence-electron chi connectivity index (χ3n) is 6.29. The number of hydrogen-bond acceptors (Lipinski definition) is 4. The number of benzene rings is 2. The fourth-order valence-corrected chi connectivity index (χ4v) is 18.2. The lowest BCUT2D eigenvalue weighted by molar-refractivity contribution is 0.304.